The number of carbonyl (C=O) groups is 5. The predicted octanol–water partition coefficient (Wildman–Crippen LogP) is -0.529. The van der Waals surface area contributed by atoms with Crippen molar-refractivity contribution >= 4 is 29.5 Å². The number of urea groups is 1. The molecule has 0 aromatic carbocycles. The fourth-order valence-corrected chi connectivity index (χ4v) is 4.56. The summed E-state index contributed by atoms with van der Waals surface area (Å²) in [5.74, 6) is -4.07. The van der Waals surface area contributed by atoms with Gasteiger partial charge in [0.25, 0.3) is 11.7 Å². The minimum atomic E-state index is -2.10. The summed E-state index contributed by atoms with van der Waals surface area (Å²) in [6.07, 6.45) is -2.10. The second-order valence-electron chi connectivity index (χ2n) is 11.7. The molecule has 1 heterocycles. The highest BCUT2D eigenvalue weighted by Gasteiger charge is 2.69. The van der Waals surface area contributed by atoms with E-state index in [4.69, 9.17) is 5.73 Å². The van der Waals surface area contributed by atoms with Crippen LogP contribution >= 0.6 is 0 Å². The van der Waals surface area contributed by atoms with Gasteiger partial charge in [-0.3, -0.25) is 19.2 Å². The molecule has 0 radical (unpaired) electrons. The van der Waals surface area contributed by atoms with Crippen LogP contribution in [0.25, 0.3) is 0 Å². The zero-order chi connectivity index (χ0) is 25.7. The molecular weight excluding hydrogens is 430 g/mol. The van der Waals surface area contributed by atoms with Crippen LogP contribution < -0.4 is 21.7 Å². The molecule has 6 N–H and O–H groups in total. The number of fused-ring (bicyclic) bond motifs is 1. The van der Waals surface area contributed by atoms with E-state index in [9.17, 15) is 29.1 Å². The Hall–Kier alpha value is -2.69. The number of hydrogen-bond acceptors (Lipinski definition) is 6. The lowest BCUT2D eigenvalue weighted by atomic mass is 9.85. The smallest absolute Gasteiger partial charge is 0.315 e. The van der Waals surface area contributed by atoms with Gasteiger partial charge in [-0.1, -0.05) is 34.6 Å². The average molecular weight is 468 g/mol. The van der Waals surface area contributed by atoms with Gasteiger partial charge in [0, 0.05) is 12.1 Å². The van der Waals surface area contributed by atoms with Crippen molar-refractivity contribution in [3.8, 4) is 0 Å². The number of nitrogens with one attached hydrogen (secondary N) is 3. The number of ketones is 1. The highest BCUT2D eigenvalue weighted by molar-refractivity contribution is 6.37. The van der Waals surface area contributed by atoms with Crippen molar-refractivity contribution < 1.29 is 29.1 Å². The highest BCUT2D eigenvalue weighted by Crippen LogP contribution is 2.65. The van der Waals surface area contributed by atoms with Gasteiger partial charge in [-0.25, -0.2) is 4.79 Å². The van der Waals surface area contributed by atoms with Crippen LogP contribution in [-0.2, 0) is 19.2 Å². The minimum absolute atomic E-state index is 0.0465. The summed E-state index contributed by atoms with van der Waals surface area (Å²) in [4.78, 5) is 63.2. The Morgan fingerprint density at radius 3 is 2.03 bits per heavy atom. The lowest BCUT2D eigenvalue weighted by Gasteiger charge is -2.38. The molecule has 2 rings (SSSR count). The first-order valence-corrected chi connectivity index (χ1v) is 11.0. The van der Waals surface area contributed by atoms with Crippen LogP contribution in [0.4, 0.5) is 4.79 Å². The van der Waals surface area contributed by atoms with E-state index in [0.29, 0.717) is 6.54 Å². The Labute approximate surface area is 194 Å². The molecule has 11 heteroatoms. The number of likely N-dealkylation sites (tertiary alicyclic amines) is 1. The molecule has 0 aromatic heterocycles. The number of aliphatic hydroxyl groups excluding tert-OH is 1. The molecule has 1 saturated carbocycles. The summed E-state index contributed by atoms with van der Waals surface area (Å²) in [6, 6.07) is -2.41. The molecule has 2 aliphatic rings. The van der Waals surface area contributed by atoms with Crippen molar-refractivity contribution in [2.24, 2.45) is 28.4 Å². The van der Waals surface area contributed by atoms with Crippen molar-refractivity contribution in [1.29, 1.82) is 0 Å². The molecule has 0 spiro atoms. The lowest BCUT2D eigenvalue weighted by Crippen LogP contribution is -2.62. The zero-order valence-corrected chi connectivity index (χ0v) is 20.6. The normalized spacial score (nSPS) is 25.4. The molecule has 186 valence electrons. The molecule has 1 aliphatic carbocycles. The first-order chi connectivity index (χ1) is 14.8. The zero-order valence-electron chi connectivity index (χ0n) is 20.6. The van der Waals surface area contributed by atoms with Crippen molar-refractivity contribution in [1.82, 2.24) is 20.9 Å². The number of primary amides is 1. The van der Waals surface area contributed by atoms with Crippen molar-refractivity contribution in [3.63, 3.8) is 0 Å². The molecule has 11 nitrogen and oxygen atoms in total. The molecule has 1 aliphatic heterocycles. The van der Waals surface area contributed by atoms with Gasteiger partial charge in [-0.05, 0) is 43.4 Å². The molecule has 2 fully saturated rings. The van der Waals surface area contributed by atoms with Gasteiger partial charge < -0.3 is 31.7 Å². The van der Waals surface area contributed by atoms with E-state index in [-0.39, 0.29) is 17.3 Å². The van der Waals surface area contributed by atoms with Gasteiger partial charge in [-0.2, -0.15) is 0 Å². The standard InChI is InChI=1S/C22H37N5O6/c1-20(2,3)14(24-19(33)26-21(4,5)6)18(32)27-9-10-11(22(10,7)8)12(27)16(30)25-17(31)13(28)15(23)29/h10-12,14,17,31H,9H2,1-8H3,(H2,23,29)(H,25,30)(H2,24,26,33)/t10-,11-,12?,14?,17?/m0/s1. The highest BCUT2D eigenvalue weighted by atomic mass is 16.3. The van der Waals surface area contributed by atoms with Gasteiger partial charge in [0.2, 0.25) is 11.8 Å². The van der Waals surface area contributed by atoms with Gasteiger partial charge in [0.1, 0.15) is 12.1 Å². The number of hydrogen-bond donors (Lipinski definition) is 5. The van der Waals surface area contributed by atoms with E-state index < -0.39 is 58.8 Å². The maximum Gasteiger partial charge on any atom is 0.315 e. The quantitative estimate of drug-likeness (QED) is 0.260. The Bertz CT molecular complexity index is 856. The summed E-state index contributed by atoms with van der Waals surface area (Å²) in [5.41, 5.74) is 3.49. The van der Waals surface area contributed by atoms with E-state index in [1.54, 1.807) is 20.8 Å². The van der Waals surface area contributed by atoms with Crippen LogP contribution in [0.1, 0.15) is 55.4 Å². The number of nitrogens with two attached hydrogens (primary N) is 1. The van der Waals surface area contributed by atoms with E-state index in [1.807, 2.05) is 34.6 Å². The Kier molecular flexibility index (Phi) is 6.91. The second kappa shape index (κ2) is 8.58. The number of Topliss-reactive ketones (excluding diaryl/α,β-unsaturated/α-hetero) is 1. The largest absolute Gasteiger partial charge is 0.367 e. The van der Waals surface area contributed by atoms with Crippen LogP contribution in [0.15, 0.2) is 0 Å². The molecule has 5 amide bonds. The molecular formula is C22H37N5O6. The fraction of sp³-hybridized carbons (Fsp3) is 0.773. The lowest BCUT2D eigenvalue weighted by molar-refractivity contribution is -0.148. The fourth-order valence-electron chi connectivity index (χ4n) is 4.56. The van der Waals surface area contributed by atoms with Crippen molar-refractivity contribution in [2.45, 2.75) is 79.2 Å². The number of nitrogens with zero attached hydrogens (tertiary/aromatic N) is 1. The summed E-state index contributed by atoms with van der Waals surface area (Å²) in [6.45, 7) is 15.1. The van der Waals surface area contributed by atoms with Crippen LogP contribution in [0.3, 0.4) is 0 Å². The monoisotopic (exact) mass is 467 g/mol. The molecule has 33 heavy (non-hydrogen) atoms. The molecule has 1 saturated heterocycles. The van der Waals surface area contributed by atoms with Crippen LogP contribution in [0.5, 0.6) is 0 Å². The van der Waals surface area contributed by atoms with Crippen LogP contribution in [-0.4, -0.2) is 69.9 Å². The number of rotatable bonds is 6. The van der Waals surface area contributed by atoms with Crippen molar-refractivity contribution in [3.05, 3.63) is 0 Å². The summed E-state index contributed by atoms with van der Waals surface area (Å²) >= 11 is 0. The molecule has 5 atom stereocenters. The number of amides is 5. The first-order valence-electron chi connectivity index (χ1n) is 11.0. The predicted molar refractivity (Wildman–Crippen MR) is 119 cm³/mol. The van der Waals surface area contributed by atoms with E-state index >= 15 is 0 Å². The van der Waals surface area contributed by atoms with Gasteiger partial charge in [0.05, 0.1) is 0 Å². The number of aliphatic hydroxyl groups is 1. The van der Waals surface area contributed by atoms with E-state index in [2.05, 4.69) is 16.0 Å². The number of piperidine rings is 1. The SMILES string of the molecule is CC(C)(C)NC(=O)NC(C(=O)N1C[C@H]2[C@@H](C1C(=O)NC(O)C(=O)C(N)=O)C2(C)C)C(C)(C)C. The third-order valence-electron chi connectivity index (χ3n) is 6.41. The van der Waals surface area contributed by atoms with E-state index in [1.165, 1.54) is 4.90 Å². The first kappa shape index (κ1) is 26.6. The minimum Gasteiger partial charge on any atom is -0.367 e. The second-order valence-corrected chi connectivity index (χ2v) is 11.7. The molecule has 3 unspecified atom stereocenters. The Morgan fingerprint density at radius 1 is 1.03 bits per heavy atom. The van der Waals surface area contributed by atoms with Crippen LogP contribution in [0, 0.1) is 22.7 Å². The molecule has 0 aromatic rings. The maximum atomic E-state index is 13.6. The molecule has 0 bridgehead atoms. The summed E-state index contributed by atoms with van der Waals surface area (Å²) in [7, 11) is 0. The van der Waals surface area contributed by atoms with Gasteiger partial charge >= 0.3 is 6.03 Å². The Morgan fingerprint density at radius 2 is 1.58 bits per heavy atom. The van der Waals surface area contributed by atoms with Gasteiger partial charge in [0.15, 0.2) is 6.23 Å². The third kappa shape index (κ3) is 5.63. The van der Waals surface area contributed by atoms with Crippen LogP contribution in [0.2, 0.25) is 0 Å². The Balaban J connectivity index is 2.28. The summed E-state index contributed by atoms with van der Waals surface area (Å²) < 4.78 is 0. The summed E-state index contributed by atoms with van der Waals surface area (Å²) in [5, 5.41) is 17.5. The van der Waals surface area contributed by atoms with Gasteiger partial charge in [-0.15, -0.1) is 0 Å². The average Bonchev–Trinajstić information content (AvgIpc) is 2.99. The topological polar surface area (TPSA) is 171 Å². The maximum absolute atomic E-state index is 13.6. The van der Waals surface area contributed by atoms with Crippen molar-refractivity contribution in [2.75, 3.05) is 6.54 Å². The third-order valence-corrected chi connectivity index (χ3v) is 6.41. The number of carbonyl (C=O) groups excluding carboxylic acids is 5. The van der Waals surface area contributed by atoms with E-state index in [0.717, 1.165) is 0 Å².